The largest absolute Gasteiger partial charge is 0.335 e. The fourth-order valence-electron chi connectivity index (χ4n) is 2.45. The van der Waals surface area contributed by atoms with Crippen LogP contribution >= 0.6 is 0 Å². The highest BCUT2D eigenvalue weighted by Gasteiger charge is 2.00. The van der Waals surface area contributed by atoms with Crippen LogP contribution in [0.1, 0.15) is 77.5 Å². The highest BCUT2D eigenvalue weighted by molar-refractivity contribution is 4.91. The van der Waals surface area contributed by atoms with Crippen LogP contribution in [0.15, 0.2) is 12.4 Å². The van der Waals surface area contributed by atoms with Gasteiger partial charge in [-0.3, -0.25) is 0 Å². The number of hydrogen-bond donors (Lipinski definition) is 0. The Bertz CT molecular complexity index is 291. The van der Waals surface area contributed by atoms with E-state index in [-0.39, 0.29) is 0 Å². The number of imidazole rings is 1. The third-order valence-electron chi connectivity index (χ3n) is 3.65. The van der Waals surface area contributed by atoms with Gasteiger partial charge < -0.3 is 4.57 Å². The lowest BCUT2D eigenvalue weighted by Crippen LogP contribution is -2.00. The van der Waals surface area contributed by atoms with Crippen molar-refractivity contribution >= 4 is 0 Å². The minimum atomic E-state index is 1.05. The van der Waals surface area contributed by atoms with Crippen LogP contribution in [-0.4, -0.2) is 9.55 Å². The lowest BCUT2D eigenvalue weighted by atomic mass is 10.1. The van der Waals surface area contributed by atoms with Gasteiger partial charge >= 0.3 is 0 Å². The number of aryl methyl sites for hydroxylation is 2. The van der Waals surface area contributed by atoms with Crippen LogP contribution < -0.4 is 0 Å². The van der Waals surface area contributed by atoms with E-state index in [1.165, 1.54) is 63.6 Å². The summed E-state index contributed by atoms with van der Waals surface area (Å²) in [4.78, 5) is 4.42. The Balaban J connectivity index is 1.92. The number of nitrogens with zero attached hydrogens (tertiary/aromatic N) is 2. The summed E-state index contributed by atoms with van der Waals surface area (Å²) in [5, 5.41) is 0. The van der Waals surface area contributed by atoms with E-state index in [0.29, 0.717) is 0 Å². The van der Waals surface area contributed by atoms with Gasteiger partial charge in [0, 0.05) is 25.4 Å². The second kappa shape index (κ2) is 10.2. The monoisotopic (exact) mass is 250 g/mol. The molecule has 0 saturated carbocycles. The predicted molar refractivity (Wildman–Crippen MR) is 78.8 cm³/mol. The highest BCUT2D eigenvalue weighted by atomic mass is 15.0. The number of rotatable bonds is 11. The molecule has 0 radical (unpaired) electrons. The number of hydrogen-bond acceptors (Lipinski definition) is 1. The fraction of sp³-hybridized carbons (Fsp3) is 0.812. The van der Waals surface area contributed by atoms with Crippen LogP contribution in [0.3, 0.4) is 0 Å². The summed E-state index contributed by atoms with van der Waals surface area (Å²) in [6, 6.07) is 0. The molecule has 0 aliphatic heterocycles. The van der Waals surface area contributed by atoms with Crippen molar-refractivity contribution in [2.45, 2.75) is 84.6 Å². The molecule has 0 atom stereocenters. The number of unbranched alkanes of at least 4 members (excludes halogenated alkanes) is 8. The third kappa shape index (κ3) is 6.23. The van der Waals surface area contributed by atoms with Crippen molar-refractivity contribution in [1.82, 2.24) is 9.55 Å². The smallest absolute Gasteiger partial charge is 0.108 e. The molecule has 0 saturated heterocycles. The molecule has 0 spiro atoms. The summed E-state index contributed by atoms with van der Waals surface area (Å²) in [6.07, 6.45) is 17.7. The molecule has 0 amide bonds. The maximum Gasteiger partial charge on any atom is 0.108 e. The third-order valence-corrected chi connectivity index (χ3v) is 3.65. The Labute approximate surface area is 113 Å². The molecule has 1 rings (SSSR count). The van der Waals surface area contributed by atoms with Crippen LogP contribution in [-0.2, 0) is 13.0 Å². The van der Waals surface area contributed by atoms with Crippen LogP contribution in [0.5, 0.6) is 0 Å². The Hall–Kier alpha value is -0.790. The van der Waals surface area contributed by atoms with Gasteiger partial charge in [-0.25, -0.2) is 4.98 Å². The van der Waals surface area contributed by atoms with Gasteiger partial charge in [-0.1, -0.05) is 58.3 Å². The first kappa shape index (κ1) is 15.3. The summed E-state index contributed by atoms with van der Waals surface area (Å²) in [5.74, 6) is 1.26. The van der Waals surface area contributed by atoms with Gasteiger partial charge in [0.15, 0.2) is 0 Å². The van der Waals surface area contributed by atoms with Gasteiger partial charge in [0.2, 0.25) is 0 Å². The van der Waals surface area contributed by atoms with Gasteiger partial charge in [0.1, 0.15) is 5.82 Å². The maximum absolute atomic E-state index is 4.42. The zero-order valence-electron chi connectivity index (χ0n) is 12.3. The molecule has 0 bridgehead atoms. The van der Waals surface area contributed by atoms with Crippen molar-refractivity contribution < 1.29 is 0 Å². The van der Waals surface area contributed by atoms with Crippen LogP contribution in [0.25, 0.3) is 0 Å². The molecule has 2 heteroatoms. The van der Waals surface area contributed by atoms with E-state index >= 15 is 0 Å². The molecule has 0 fully saturated rings. The molecule has 1 aromatic rings. The second-order valence-electron chi connectivity index (χ2n) is 5.21. The van der Waals surface area contributed by atoms with Gasteiger partial charge in [-0.15, -0.1) is 0 Å². The lowest BCUT2D eigenvalue weighted by Gasteiger charge is -2.04. The van der Waals surface area contributed by atoms with Crippen molar-refractivity contribution in [2.24, 2.45) is 0 Å². The van der Waals surface area contributed by atoms with E-state index in [2.05, 4.69) is 29.6 Å². The molecule has 0 unspecified atom stereocenters. The molecule has 18 heavy (non-hydrogen) atoms. The molecule has 0 N–H and O–H groups in total. The minimum absolute atomic E-state index is 1.05. The molecule has 0 aromatic carbocycles. The van der Waals surface area contributed by atoms with Crippen LogP contribution in [0.4, 0.5) is 0 Å². The average Bonchev–Trinajstić information content (AvgIpc) is 2.84. The maximum atomic E-state index is 4.42. The first-order valence-electron chi connectivity index (χ1n) is 7.88. The van der Waals surface area contributed by atoms with Crippen molar-refractivity contribution in [3.05, 3.63) is 18.2 Å². The van der Waals surface area contributed by atoms with Crippen LogP contribution in [0, 0.1) is 0 Å². The lowest BCUT2D eigenvalue weighted by molar-refractivity contribution is 0.557. The molecular weight excluding hydrogens is 220 g/mol. The predicted octanol–water partition coefficient (Wildman–Crippen LogP) is 4.98. The standard InChI is InChI=1S/C16H30N2/c1-3-5-6-7-8-9-10-11-12-13-16-17-14-15-18(16)4-2/h14-15H,3-13H2,1-2H3. The Kier molecular flexibility index (Phi) is 8.62. The molecule has 0 aliphatic carbocycles. The quantitative estimate of drug-likeness (QED) is 0.507. The zero-order valence-corrected chi connectivity index (χ0v) is 12.3. The Morgan fingerprint density at radius 2 is 1.50 bits per heavy atom. The van der Waals surface area contributed by atoms with Crippen molar-refractivity contribution in [2.75, 3.05) is 0 Å². The Morgan fingerprint density at radius 1 is 0.889 bits per heavy atom. The van der Waals surface area contributed by atoms with Gasteiger partial charge in [0.05, 0.1) is 0 Å². The van der Waals surface area contributed by atoms with E-state index in [9.17, 15) is 0 Å². The summed E-state index contributed by atoms with van der Waals surface area (Å²) < 4.78 is 2.25. The second-order valence-corrected chi connectivity index (χ2v) is 5.21. The molecule has 1 heterocycles. The van der Waals surface area contributed by atoms with Crippen molar-refractivity contribution in [3.63, 3.8) is 0 Å². The summed E-state index contributed by atoms with van der Waals surface area (Å²) in [7, 11) is 0. The molecule has 1 aromatic heterocycles. The van der Waals surface area contributed by atoms with Crippen LogP contribution in [0.2, 0.25) is 0 Å². The fourth-order valence-corrected chi connectivity index (χ4v) is 2.45. The van der Waals surface area contributed by atoms with Crippen molar-refractivity contribution in [3.8, 4) is 0 Å². The molecule has 2 nitrogen and oxygen atoms in total. The molecule has 104 valence electrons. The normalized spacial score (nSPS) is 11.0. The van der Waals surface area contributed by atoms with E-state index in [0.717, 1.165) is 13.0 Å². The SMILES string of the molecule is CCCCCCCCCCCc1nccn1CC. The Morgan fingerprint density at radius 3 is 2.11 bits per heavy atom. The van der Waals surface area contributed by atoms with Gasteiger partial charge in [0.25, 0.3) is 0 Å². The number of aromatic nitrogens is 2. The summed E-state index contributed by atoms with van der Waals surface area (Å²) >= 11 is 0. The topological polar surface area (TPSA) is 17.8 Å². The van der Waals surface area contributed by atoms with Gasteiger partial charge in [-0.2, -0.15) is 0 Å². The van der Waals surface area contributed by atoms with Gasteiger partial charge in [-0.05, 0) is 13.3 Å². The first-order chi connectivity index (χ1) is 8.88. The van der Waals surface area contributed by atoms with E-state index in [4.69, 9.17) is 0 Å². The zero-order chi connectivity index (χ0) is 13.1. The molecule has 0 aliphatic rings. The first-order valence-corrected chi connectivity index (χ1v) is 7.88. The van der Waals surface area contributed by atoms with Crippen molar-refractivity contribution in [1.29, 1.82) is 0 Å². The van der Waals surface area contributed by atoms with E-state index < -0.39 is 0 Å². The molecular formula is C16H30N2. The highest BCUT2D eigenvalue weighted by Crippen LogP contribution is 2.11. The summed E-state index contributed by atoms with van der Waals surface area (Å²) in [5.41, 5.74) is 0. The van der Waals surface area contributed by atoms with E-state index in [1.54, 1.807) is 0 Å². The average molecular weight is 250 g/mol. The van der Waals surface area contributed by atoms with E-state index in [1.807, 2.05) is 6.20 Å². The minimum Gasteiger partial charge on any atom is -0.335 e. The summed E-state index contributed by atoms with van der Waals surface area (Å²) in [6.45, 7) is 5.51.